The van der Waals surface area contributed by atoms with E-state index in [-0.39, 0.29) is 5.91 Å². The molecule has 1 amide bonds. The summed E-state index contributed by atoms with van der Waals surface area (Å²) < 4.78 is 1.76. The van der Waals surface area contributed by atoms with Gasteiger partial charge >= 0.3 is 0 Å². The van der Waals surface area contributed by atoms with E-state index in [2.05, 4.69) is 27.5 Å². The first-order valence-electron chi connectivity index (χ1n) is 7.65. The summed E-state index contributed by atoms with van der Waals surface area (Å²) in [5.74, 6) is -0.135. The zero-order valence-electron chi connectivity index (χ0n) is 13.0. The molecule has 1 aromatic carbocycles. The monoisotopic (exact) mass is 360 g/mol. The average molecular weight is 361 g/mol. The molecule has 0 aliphatic heterocycles. The van der Waals surface area contributed by atoms with Crippen LogP contribution in [0, 0.1) is 0 Å². The van der Waals surface area contributed by atoms with Crippen molar-refractivity contribution in [2.75, 3.05) is 6.54 Å². The topological polar surface area (TPSA) is 59.8 Å². The minimum Gasteiger partial charge on any atom is -0.351 e. The normalized spacial score (nSPS) is 10.7. The molecule has 0 fully saturated rings. The van der Waals surface area contributed by atoms with Crippen molar-refractivity contribution in [1.82, 2.24) is 20.1 Å². The number of halogens is 1. The third kappa shape index (κ3) is 4.66. The lowest BCUT2D eigenvalue weighted by atomic mass is 10.2. The highest BCUT2D eigenvalue weighted by molar-refractivity contribution is 7.09. The molecule has 5 nitrogen and oxygen atoms in total. The van der Waals surface area contributed by atoms with Crippen LogP contribution in [0.4, 0.5) is 0 Å². The van der Waals surface area contributed by atoms with E-state index < -0.39 is 0 Å². The molecule has 1 N–H and O–H groups in total. The van der Waals surface area contributed by atoms with Crippen LogP contribution in [-0.4, -0.2) is 27.2 Å². The summed E-state index contributed by atoms with van der Waals surface area (Å²) in [6.45, 7) is 1.28. The van der Waals surface area contributed by atoms with Crippen molar-refractivity contribution in [1.29, 1.82) is 0 Å². The minimum atomic E-state index is -0.135. The Morgan fingerprint density at radius 3 is 2.88 bits per heavy atom. The number of hydrogen-bond donors (Lipinski definition) is 1. The number of nitrogens with zero attached hydrogens (tertiary/aromatic N) is 3. The SMILES string of the molecule is O=C(NCCCn1cc(Cl)cn1)c1csc(Cc2ccccc2)n1. The Labute approximate surface area is 149 Å². The van der Waals surface area contributed by atoms with Crippen LogP contribution in [0.5, 0.6) is 0 Å². The molecule has 2 aromatic heterocycles. The Bertz CT molecular complexity index is 800. The minimum absolute atomic E-state index is 0.135. The van der Waals surface area contributed by atoms with E-state index in [4.69, 9.17) is 11.6 Å². The second-order valence-electron chi connectivity index (χ2n) is 5.32. The number of rotatable bonds is 7. The molecule has 0 unspecified atom stereocenters. The number of carbonyl (C=O) groups is 1. The van der Waals surface area contributed by atoms with Gasteiger partial charge in [0.05, 0.1) is 16.2 Å². The molecule has 0 radical (unpaired) electrons. The van der Waals surface area contributed by atoms with Crippen LogP contribution in [0.3, 0.4) is 0 Å². The van der Waals surface area contributed by atoms with Gasteiger partial charge in [0.1, 0.15) is 5.69 Å². The number of benzene rings is 1. The van der Waals surface area contributed by atoms with Gasteiger partial charge in [-0.25, -0.2) is 4.98 Å². The lowest BCUT2D eigenvalue weighted by Crippen LogP contribution is -2.25. The number of nitrogens with one attached hydrogen (secondary N) is 1. The molecule has 3 aromatic rings. The highest BCUT2D eigenvalue weighted by Crippen LogP contribution is 2.14. The van der Waals surface area contributed by atoms with Gasteiger partial charge in [-0.2, -0.15) is 5.10 Å². The largest absolute Gasteiger partial charge is 0.351 e. The van der Waals surface area contributed by atoms with E-state index in [1.165, 1.54) is 16.9 Å². The molecule has 124 valence electrons. The summed E-state index contributed by atoms with van der Waals surface area (Å²) in [6, 6.07) is 10.1. The summed E-state index contributed by atoms with van der Waals surface area (Å²) in [5.41, 5.74) is 1.67. The lowest BCUT2D eigenvalue weighted by Gasteiger charge is -2.03. The number of aromatic nitrogens is 3. The third-order valence-corrected chi connectivity index (χ3v) is 4.48. The van der Waals surface area contributed by atoms with E-state index >= 15 is 0 Å². The average Bonchev–Trinajstić information content (AvgIpc) is 3.21. The number of thiazole rings is 1. The molecule has 0 spiro atoms. The van der Waals surface area contributed by atoms with Gasteiger partial charge in [-0.3, -0.25) is 9.48 Å². The van der Waals surface area contributed by atoms with Crippen LogP contribution < -0.4 is 5.32 Å². The molecule has 0 atom stereocenters. The van der Waals surface area contributed by atoms with Crippen molar-refractivity contribution in [2.45, 2.75) is 19.4 Å². The first-order valence-corrected chi connectivity index (χ1v) is 8.91. The van der Waals surface area contributed by atoms with Gasteiger partial charge < -0.3 is 5.32 Å². The summed E-state index contributed by atoms with van der Waals surface area (Å²) in [7, 11) is 0. The maximum absolute atomic E-state index is 12.1. The maximum atomic E-state index is 12.1. The quantitative estimate of drug-likeness (QED) is 0.657. The van der Waals surface area contributed by atoms with Gasteiger partial charge in [0.15, 0.2) is 0 Å². The van der Waals surface area contributed by atoms with Crippen molar-refractivity contribution < 1.29 is 4.79 Å². The maximum Gasteiger partial charge on any atom is 0.270 e. The van der Waals surface area contributed by atoms with Gasteiger partial charge in [-0.1, -0.05) is 41.9 Å². The molecule has 7 heteroatoms. The molecule has 0 aliphatic carbocycles. The highest BCUT2D eigenvalue weighted by atomic mass is 35.5. The number of carbonyl (C=O) groups excluding carboxylic acids is 1. The predicted octanol–water partition coefficient (Wildman–Crippen LogP) is 3.40. The number of amides is 1. The van der Waals surface area contributed by atoms with Gasteiger partial charge in [-0.05, 0) is 12.0 Å². The van der Waals surface area contributed by atoms with Gasteiger partial charge in [0.25, 0.3) is 5.91 Å². The molecule has 0 saturated carbocycles. The molecule has 0 aliphatic rings. The van der Waals surface area contributed by atoms with E-state index in [1.807, 2.05) is 18.2 Å². The van der Waals surface area contributed by atoms with Crippen molar-refractivity contribution in [3.63, 3.8) is 0 Å². The number of hydrogen-bond acceptors (Lipinski definition) is 4. The van der Waals surface area contributed by atoms with Gasteiger partial charge in [0.2, 0.25) is 0 Å². The fraction of sp³-hybridized carbons (Fsp3) is 0.235. The first kappa shape index (κ1) is 16.7. The molecular formula is C17H17ClN4OS. The fourth-order valence-corrected chi connectivity index (χ4v) is 3.23. The molecule has 0 saturated heterocycles. The van der Waals surface area contributed by atoms with E-state index in [0.717, 1.165) is 17.8 Å². The first-order chi connectivity index (χ1) is 11.7. The van der Waals surface area contributed by atoms with Crippen LogP contribution in [0.1, 0.15) is 27.5 Å². The second-order valence-corrected chi connectivity index (χ2v) is 6.70. The fourth-order valence-electron chi connectivity index (χ4n) is 2.26. The van der Waals surface area contributed by atoms with E-state index in [1.54, 1.807) is 22.5 Å². The Morgan fingerprint density at radius 1 is 1.29 bits per heavy atom. The standard InChI is InChI=1S/C17H17ClN4OS/c18-14-10-20-22(11-14)8-4-7-19-17(23)15-12-24-16(21-15)9-13-5-2-1-3-6-13/h1-3,5-6,10-12H,4,7-9H2,(H,19,23). The summed E-state index contributed by atoms with van der Waals surface area (Å²) >= 11 is 7.31. The van der Waals surface area contributed by atoms with Crippen LogP contribution in [0.15, 0.2) is 48.1 Å². The van der Waals surface area contributed by atoms with Gasteiger partial charge in [-0.15, -0.1) is 11.3 Å². The zero-order chi connectivity index (χ0) is 16.8. The molecular weight excluding hydrogens is 344 g/mol. The van der Waals surface area contributed by atoms with Crippen LogP contribution in [0.25, 0.3) is 0 Å². The Balaban J connectivity index is 1.45. The van der Waals surface area contributed by atoms with Crippen molar-refractivity contribution >= 4 is 28.8 Å². The molecule has 2 heterocycles. The molecule has 24 heavy (non-hydrogen) atoms. The smallest absolute Gasteiger partial charge is 0.270 e. The Morgan fingerprint density at radius 2 is 2.12 bits per heavy atom. The van der Waals surface area contributed by atoms with Gasteiger partial charge in [0, 0.05) is 31.1 Å². The van der Waals surface area contributed by atoms with Crippen LogP contribution in [-0.2, 0) is 13.0 Å². The van der Waals surface area contributed by atoms with Crippen LogP contribution >= 0.6 is 22.9 Å². The zero-order valence-corrected chi connectivity index (χ0v) is 14.6. The van der Waals surface area contributed by atoms with Crippen molar-refractivity contribution in [2.24, 2.45) is 0 Å². The van der Waals surface area contributed by atoms with Crippen molar-refractivity contribution in [3.8, 4) is 0 Å². The van der Waals surface area contributed by atoms with E-state index in [9.17, 15) is 4.79 Å². The molecule has 3 rings (SSSR count). The summed E-state index contributed by atoms with van der Waals surface area (Å²) in [4.78, 5) is 16.5. The predicted molar refractivity (Wildman–Crippen MR) is 95.5 cm³/mol. The van der Waals surface area contributed by atoms with Crippen LogP contribution in [0.2, 0.25) is 5.02 Å². The Kier molecular flexibility index (Phi) is 5.61. The summed E-state index contributed by atoms with van der Waals surface area (Å²) in [6.07, 6.45) is 4.90. The van der Waals surface area contributed by atoms with E-state index in [0.29, 0.717) is 23.8 Å². The lowest BCUT2D eigenvalue weighted by molar-refractivity contribution is 0.0948. The third-order valence-electron chi connectivity index (χ3n) is 3.43. The Hall–Kier alpha value is -2.18. The molecule has 0 bridgehead atoms. The summed E-state index contributed by atoms with van der Waals surface area (Å²) in [5, 5.41) is 10.3. The second kappa shape index (κ2) is 8.08. The highest BCUT2D eigenvalue weighted by Gasteiger charge is 2.10. The van der Waals surface area contributed by atoms with Crippen molar-refractivity contribution in [3.05, 3.63) is 69.4 Å². The number of aryl methyl sites for hydroxylation is 1.